The Morgan fingerprint density at radius 1 is 0.829 bits per heavy atom. The second-order valence-electron chi connectivity index (χ2n) is 10.4. The van der Waals surface area contributed by atoms with Crippen LogP contribution < -0.4 is 0 Å². The molecule has 2 aliphatic carbocycles. The lowest BCUT2D eigenvalue weighted by molar-refractivity contribution is 0.0193. The number of carbonyl (C=O) groups excluding carboxylic acids is 1. The highest BCUT2D eigenvalue weighted by atomic mass is 19.2. The molecule has 0 N–H and O–H groups in total. The van der Waals surface area contributed by atoms with Crippen molar-refractivity contribution in [3.8, 4) is 0 Å². The standard InChI is InChI=1S/C30H37F3O2/c1-3-5-19-6-8-21(9-7-19)25-16-17-26(29(33)28(25)32)22-12-14-24(15-13-22)35-30(34)23-11-10-20(4-2)27(31)18-23/h10-11,16-19,21-22,24H,3-9,12-15H2,1-2H3. The van der Waals surface area contributed by atoms with Gasteiger partial charge in [0.1, 0.15) is 11.9 Å². The van der Waals surface area contributed by atoms with E-state index in [4.69, 9.17) is 4.74 Å². The monoisotopic (exact) mass is 486 g/mol. The zero-order valence-corrected chi connectivity index (χ0v) is 20.9. The minimum atomic E-state index is -0.704. The van der Waals surface area contributed by atoms with Gasteiger partial charge in [-0.15, -0.1) is 0 Å². The average Bonchev–Trinajstić information content (AvgIpc) is 2.87. The predicted molar refractivity (Wildman–Crippen MR) is 132 cm³/mol. The molecule has 5 heteroatoms. The Morgan fingerprint density at radius 2 is 1.40 bits per heavy atom. The molecule has 0 amide bonds. The van der Waals surface area contributed by atoms with Crippen molar-refractivity contribution in [3.05, 3.63) is 70.0 Å². The lowest BCUT2D eigenvalue weighted by atomic mass is 9.76. The van der Waals surface area contributed by atoms with Crippen LogP contribution in [0.5, 0.6) is 0 Å². The van der Waals surface area contributed by atoms with E-state index >= 15 is 8.78 Å². The van der Waals surface area contributed by atoms with Crippen LogP contribution in [0.4, 0.5) is 13.2 Å². The SMILES string of the molecule is CCCC1CCC(c2ccc(C3CCC(OC(=O)c4ccc(CC)c(F)c4)CC3)c(F)c2F)CC1. The first-order valence-corrected chi connectivity index (χ1v) is 13.4. The Kier molecular flexibility index (Phi) is 8.56. The molecular formula is C30H37F3O2. The maximum atomic E-state index is 15.1. The minimum absolute atomic E-state index is 0.0879. The van der Waals surface area contributed by atoms with E-state index in [0.717, 1.165) is 31.6 Å². The third-order valence-electron chi connectivity index (χ3n) is 8.18. The summed E-state index contributed by atoms with van der Waals surface area (Å²) >= 11 is 0. The number of esters is 1. The number of halogens is 3. The van der Waals surface area contributed by atoms with E-state index in [9.17, 15) is 9.18 Å². The quantitative estimate of drug-likeness (QED) is 0.366. The fourth-order valence-corrected chi connectivity index (χ4v) is 6.05. The largest absolute Gasteiger partial charge is 0.459 e. The first-order valence-electron chi connectivity index (χ1n) is 13.4. The van der Waals surface area contributed by atoms with Gasteiger partial charge in [-0.2, -0.15) is 0 Å². The number of hydrogen-bond donors (Lipinski definition) is 0. The van der Waals surface area contributed by atoms with Crippen LogP contribution in [-0.4, -0.2) is 12.1 Å². The Hall–Kier alpha value is -2.30. The van der Waals surface area contributed by atoms with Gasteiger partial charge in [-0.25, -0.2) is 18.0 Å². The number of benzene rings is 2. The van der Waals surface area contributed by atoms with Crippen LogP contribution in [0.1, 0.15) is 117 Å². The normalized spacial score (nSPS) is 24.8. The first kappa shape index (κ1) is 25.8. The van der Waals surface area contributed by atoms with E-state index < -0.39 is 23.4 Å². The lowest BCUT2D eigenvalue weighted by Gasteiger charge is -2.31. The maximum Gasteiger partial charge on any atom is 0.338 e. The van der Waals surface area contributed by atoms with Crippen LogP contribution >= 0.6 is 0 Å². The van der Waals surface area contributed by atoms with E-state index in [1.807, 2.05) is 6.92 Å². The Morgan fingerprint density at radius 3 is 1.91 bits per heavy atom. The van der Waals surface area contributed by atoms with Gasteiger partial charge in [-0.3, -0.25) is 0 Å². The summed E-state index contributed by atoms with van der Waals surface area (Å²) < 4.78 is 49.8. The molecule has 0 aromatic heterocycles. The molecule has 2 saturated carbocycles. The summed E-state index contributed by atoms with van der Waals surface area (Å²) in [7, 11) is 0. The van der Waals surface area contributed by atoms with Crippen LogP contribution in [0.2, 0.25) is 0 Å². The highest BCUT2D eigenvalue weighted by Gasteiger charge is 2.30. The van der Waals surface area contributed by atoms with Crippen molar-refractivity contribution >= 4 is 5.97 Å². The van der Waals surface area contributed by atoms with Gasteiger partial charge >= 0.3 is 5.97 Å². The van der Waals surface area contributed by atoms with Crippen molar-refractivity contribution in [1.29, 1.82) is 0 Å². The van der Waals surface area contributed by atoms with E-state index in [1.165, 1.54) is 18.9 Å². The average molecular weight is 487 g/mol. The lowest BCUT2D eigenvalue weighted by Crippen LogP contribution is -2.24. The topological polar surface area (TPSA) is 26.3 Å². The fourth-order valence-electron chi connectivity index (χ4n) is 6.05. The highest BCUT2D eigenvalue weighted by Crippen LogP contribution is 2.41. The zero-order valence-electron chi connectivity index (χ0n) is 20.9. The molecule has 2 fully saturated rings. The van der Waals surface area contributed by atoms with Crippen molar-refractivity contribution in [1.82, 2.24) is 0 Å². The molecule has 2 nitrogen and oxygen atoms in total. The smallest absolute Gasteiger partial charge is 0.338 e. The molecule has 0 bridgehead atoms. The second-order valence-corrected chi connectivity index (χ2v) is 10.4. The molecule has 2 aromatic carbocycles. The van der Waals surface area contributed by atoms with Gasteiger partial charge in [0.25, 0.3) is 0 Å². The van der Waals surface area contributed by atoms with Crippen LogP contribution in [0.25, 0.3) is 0 Å². The first-order chi connectivity index (χ1) is 16.9. The van der Waals surface area contributed by atoms with Gasteiger partial charge < -0.3 is 4.74 Å². The number of aryl methyl sites for hydroxylation is 1. The number of carbonyl (C=O) groups is 1. The predicted octanol–water partition coefficient (Wildman–Crippen LogP) is 8.62. The summed E-state index contributed by atoms with van der Waals surface area (Å²) in [5.74, 6) is -1.57. The Bertz CT molecular complexity index is 1020. The van der Waals surface area contributed by atoms with E-state index in [0.29, 0.717) is 48.8 Å². The molecule has 0 aliphatic heterocycles. The van der Waals surface area contributed by atoms with Crippen molar-refractivity contribution in [2.75, 3.05) is 0 Å². The summed E-state index contributed by atoms with van der Waals surface area (Å²) in [4.78, 5) is 12.5. The van der Waals surface area contributed by atoms with Crippen LogP contribution in [0, 0.1) is 23.4 Å². The van der Waals surface area contributed by atoms with Gasteiger partial charge in [-0.1, -0.05) is 44.9 Å². The Balaban J connectivity index is 1.34. The molecule has 0 spiro atoms. The van der Waals surface area contributed by atoms with Gasteiger partial charge in [0.15, 0.2) is 11.6 Å². The number of ether oxygens (including phenoxy) is 1. The van der Waals surface area contributed by atoms with E-state index in [1.54, 1.807) is 24.3 Å². The molecule has 0 heterocycles. The second kappa shape index (κ2) is 11.6. The van der Waals surface area contributed by atoms with Crippen molar-refractivity contribution in [3.63, 3.8) is 0 Å². The third kappa shape index (κ3) is 5.92. The summed E-state index contributed by atoms with van der Waals surface area (Å²) in [5.41, 5.74) is 1.74. The minimum Gasteiger partial charge on any atom is -0.459 e. The van der Waals surface area contributed by atoms with Crippen molar-refractivity contribution < 1.29 is 22.7 Å². The summed E-state index contributed by atoms with van der Waals surface area (Å²) in [5, 5.41) is 0. The molecule has 0 atom stereocenters. The molecule has 4 rings (SSSR count). The molecule has 0 saturated heterocycles. The van der Waals surface area contributed by atoms with Gasteiger partial charge in [0.2, 0.25) is 0 Å². The summed E-state index contributed by atoms with van der Waals surface area (Å²) in [6.07, 6.45) is 9.14. The molecule has 35 heavy (non-hydrogen) atoms. The van der Waals surface area contributed by atoms with Gasteiger partial charge in [0.05, 0.1) is 5.56 Å². The van der Waals surface area contributed by atoms with Gasteiger partial charge in [0, 0.05) is 0 Å². The Labute approximate surface area is 207 Å². The zero-order chi connectivity index (χ0) is 24.9. The van der Waals surface area contributed by atoms with Crippen molar-refractivity contribution in [2.24, 2.45) is 5.92 Å². The third-order valence-corrected chi connectivity index (χ3v) is 8.18. The van der Waals surface area contributed by atoms with Crippen LogP contribution in [0.3, 0.4) is 0 Å². The summed E-state index contributed by atoms with van der Waals surface area (Å²) in [6.45, 7) is 4.05. The molecular weight excluding hydrogens is 449 g/mol. The molecule has 2 aromatic rings. The number of hydrogen-bond acceptors (Lipinski definition) is 2. The van der Waals surface area contributed by atoms with Gasteiger partial charge in [-0.05, 0) is 104 Å². The maximum absolute atomic E-state index is 15.1. The molecule has 0 unspecified atom stereocenters. The highest BCUT2D eigenvalue weighted by molar-refractivity contribution is 5.89. The summed E-state index contributed by atoms with van der Waals surface area (Å²) in [6, 6.07) is 8.01. The van der Waals surface area contributed by atoms with E-state index in [-0.39, 0.29) is 23.5 Å². The van der Waals surface area contributed by atoms with Crippen LogP contribution in [-0.2, 0) is 11.2 Å². The van der Waals surface area contributed by atoms with E-state index in [2.05, 4.69) is 6.92 Å². The molecule has 2 aliphatic rings. The fraction of sp³-hybridized carbons (Fsp3) is 0.567. The number of rotatable bonds is 7. The van der Waals surface area contributed by atoms with Crippen molar-refractivity contribution in [2.45, 2.75) is 102 Å². The van der Waals surface area contributed by atoms with Crippen LogP contribution in [0.15, 0.2) is 30.3 Å². The molecule has 190 valence electrons. The molecule has 0 radical (unpaired) electrons.